The highest BCUT2D eigenvalue weighted by atomic mass is 32.2. The van der Waals surface area contributed by atoms with Gasteiger partial charge in [0.15, 0.2) is 5.44 Å². The number of hydrogen-bond donors (Lipinski definition) is 1. The molecule has 0 aliphatic carbocycles. The van der Waals surface area contributed by atoms with E-state index in [-0.39, 0.29) is 13.0 Å². The van der Waals surface area contributed by atoms with Gasteiger partial charge in [0.1, 0.15) is 0 Å². The van der Waals surface area contributed by atoms with Crippen LogP contribution in [0.4, 0.5) is 0 Å². The Morgan fingerprint density at radius 2 is 2.17 bits per heavy atom. The molecule has 0 saturated heterocycles. The maximum absolute atomic E-state index is 10.6. The van der Waals surface area contributed by atoms with Crippen LogP contribution in [0.25, 0.3) is 0 Å². The minimum Gasteiger partial charge on any atom is -0.355 e. The molecular formula is C7H14O4S. The van der Waals surface area contributed by atoms with Gasteiger partial charge in [-0.25, -0.2) is 0 Å². The van der Waals surface area contributed by atoms with Crippen LogP contribution in [0.15, 0.2) is 12.2 Å². The van der Waals surface area contributed by atoms with Crippen LogP contribution >= 0.6 is 0 Å². The van der Waals surface area contributed by atoms with E-state index < -0.39 is 15.6 Å². The second-order valence-corrected chi connectivity index (χ2v) is 4.18. The average Bonchev–Trinajstić information content (AvgIpc) is 1.85. The Morgan fingerprint density at radius 3 is 2.42 bits per heavy atom. The molecule has 12 heavy (non-hydrogen) atoms. The Labute approximate surface area is 73.0 Å². The molecule has 0 amide bonds. The third-order valence-electron chi connectivity index (χ3n) is 1.18. The molecule has 72 valence electrons. The van der Waals surface area contributed by atoms with E-state index in [1.54, 1.807) is 13.8 Å². The lowest BCUT2D eigenvalue weighted by Gasteiger charge is -2.12. The van der Waals surface area contributed by atoms with Gasteiger partial charge >= 0.3 is 0 Å². The predicted octanol–water partition coefficient (Wildman–Crippen LogP) is 1.20. The highest BCUT2D eigenvalue weighted by Crippen LogP contribution is 2.06. The van der Waals surface area contributed by atoms with Gasteiger partial charge in [-0.3, -0.25) is 4.55 Å². The number of ether oxygens (including phenoxy) is 1. The lowest BCUT2D eigenvalue weighted by Crippen LogP contribution is -2.23. The van der Waals surface area contributed by atoms with Gasteiger partial charge in [0.05, 0.1) is 6.61 Å². The molecule has 0 bridgehead atoms. The zero-order valence-electron chi connectivity index (χ0n) is 7.28. The van der Waals surface area contributed by atoms with Crippen LogP contribution in [-0.2, 0) is 14.9 Å². The largest absolute Gasteiger partial charge is 0.355 e. The molecule has 0 radical (unpaired) electrons. The lowest BCUT2D eigenvalue weighted by atomic mass is 10.4. The first-order valence-corrected chi connectivity index (χ1v) is 5.10. The van der Waals surface area contributed by atoms with Gasteiger partial charge in [-0.15, -0.1) is 0 Å². The van der Waals surface area contributed by atoms with Crippen molar-refractivity contribution in [1.82, 2.24) is 0 Å². The third kappa shape index (κ3) is 4.48. The topological polar surface area (TPSA) is 63.6 Å². The Bertz CT molecular complexity index is 242. The molecule has 1 N–H and O–H groups in total. The van der Waals surface area contributed by atoms with Gasteiger partial charge in [-0.1, -0.05) is 19.1 Å². The zero-order chi connectivity index (χ0) is 9.78. The van der Waals surface area contributed by atoms with Gasteiger partial charge in [0.25, 0.3) is 10.1 Å². The predicted molar refractivity (Wildman–Crippen MR) is 46.4 cm³/mol. The molecule has 0 aromatic carbocycles. The molecule has 0 rings (SSSR count). The van der Waals surface area contributed by atoms with Crippen molar-refractivity contribution in [2.75, 3.05) is 6.61 Å². The number of rotatable bonds is 5. The molecule has 0 aliphatic rings. The van der Waals surface area contributed by atoms with Crippen LogP contribution in [0.3, 0.4) is 0 Å². The zero-order valence-corrected chi connectivity index (χ0v) is 8.10. The van der Waals surface area contributed by atoms with E-state index in [0.29, 0.717) is 0 Å². The monoisotopic (exact) mass is 194 g/mol. The standard InChI is InChI=1S/C7H14O4S/c1-4-7(12(8,9)10)11-5-6(2)3/h7H,2,4-5H2,1,3H3,(H,8,9,10). The Kier molecular flexibility index (Phi) is 4.44. The third-order valence-corrected chi connectivity index (χ3v) is 2.32. The van der Waals surface area contributed by atoms with Gasteiger partial charge < -0.3 is 4.74 Å². The molecule has 0 aliphatic heterocycles. The van der Waals surface area contributed by atoms with Crippen molar-refractivity contribution >= 4 is 10.1 Å². The van der Waals surface area contributed by atoms with E-state index in [1.807, 2.05) is 0 Å². The molecule has 1 atom stereocenters. The van der Waals surface area contributed by atoms with E-state index in [0.717, 1.165) is 5.57 Å². The molecule has 0 spiro atoms. The van der Waals surface area contributed by atoms with E-state index in [9.17, 15) is 8.42 Å². The van der Waals surface area contributed by atoms with E-state index in [2.05, 4.69) is 6.58 Å². The SMILES string of the molecule is C=C(C)COC(CC)S(=O)(=O)O. The minimum atomic E-state index is -4.07. The Morgan fingerprint density at radius 1 is 1.67 bits per heavy atom. The molecule has 0 aromatic heterocycles. The molecule has 0 fully saturated rings. The van der Waals surface area contributed by atoms with Crippen molar-refractivity contribution in [2.45, 2.75) is 25.7 Å². The fourth-order valence-corrected chi connectivity index (χ4v) is 1.31. The summed E-state index contributed by atoms with van der Waals surface area (Å²) in [7, 11) is -4.07. The molecule has 0 heterocycles. The Balaban J connectivity index is 4.11. The second kappa shape index (κ2) is 4.59. The van der Waals surface area contributed by atoms with Crippen molar-refractivity contribution < 1.29 is 17.7 Å². The first-order chi connectivity index (χ1) is 5.38. The van der Waals surface area contributed by atoms with E-state index >= 15 is 0 Å². The van der Waals surface area contributed by atoms with E-state index in [4.69, 9.17) is 9.29 Å². The molecule has 0 saturated carbocycles. The van der Waals surface area contributed by atoms with Crippen molar-refractivity contribution in [1.29, 1.82) is 0 Å². The molecular weight excluding hydrogens is 180 g/mol. The van der Waals surface area contributed by atoms with Crippen molar-refractivity contribution in [3.63, 3.8) is 0 Å². The Hall–Kier alpha value is -0.390. The van der Waals surface area contributed by atoms with Gasteiger partial charge in [0, 0.05) is 0 Å². The van der Waals surface area contributed by atoms with Crippen molar-refractivity contribution in [3.8, 4) is 0 Å². The van der Waals surface area contributed by atoms with Crippen LogP contribution in [0.1, 0.15) is 20.3 Å². The quantitative estimate of drug-likeness (QED) is 0.527. The molecule has 5 heteroatoms. The molecule has 0 aromatic rings. The fourth-order valence-electron chi connectivity index (χ4n) is 0.650. The normalized spacial score (nSPS) is 14.2. The van der Waals surface area contributed by atoms with Crippen LogP contribution in [0.2, 0.25) is 0 Å². The summed E-state index contributed by atoms with van der Waals surface area (Å²) in [6, 6.07) is 0. The maximum Gasteiger partial charge on any atom is 0.292 e. The second-order valence-electron chi connectivity index (χ2n) is 2.62. The summed E-state index contributed by atoms with van der Waals surface area (Å²) in [6.07, 6.45) is 0.228. The van der Waals surface area contributed by atoms with E-state index in [1.165, 1.54) is 0 Å². The van der Waals surface area contributed by atoms with Gasteiger partial charge in [-0.05, 0) is 13.3 Å². The first kappa shape index (κ1) is 11.6. The van der Waals surface area contributed by atoms with Crippen LogP contribution in [0.5, 0.6) is 0 Å². The lowest BCUT2D eigenvalue weighted by molar-refractivity contribution is 0.115. The highest BCUT2D eigenvalue weighted by Gasteiger charge is 2.20. The molecule has 1 unspecified atom stereocenters. The minimum absolute atomic E-state index is 0.151. The summed E-state index contributed by atoms with van der Waals surface area (Å²) < 4.78 is 34.6. The first-order valence-electron chi connectivity index (χ1n) is 3.60. The summed E-state index contributed by atoms with van der Waals surface area (Å²) in [5.74, 6) is 0. The maximum atomic E-state index is 10.6. The fraction of sp³-hybridized carbons (Fsp3) is 0.714. The summed E-state index contributed by atoms with van der Waals surface area (Å²) >= 11 is 0. The number of hydrogen-bond acceptors (Lipinski definition) is 3. The van der Waals surface area contributed by atoms with Crippen molar-refractivity contribution in [2.24, 2.45) is 0 Å². The molecule has 4 nitrogen and oxygen atoms in total. The van der Waals surface area contributed by atoms with Crippen LogP contribution < -0.4 is 0 Å². The van der Waals surface area contributed by atoms with Gasteiger partial charge in [-0.2, -0.15) is 8.42 Å². The van der Waals surface area contributed by atoms with Crippen molar-refractivity contribution in [3.05, 3.63) is 12.2 Å². The van der Waals surface area contributed by atoms with Crippen LogP contribution in [-0.4, -0.2) is 25.0 Å². The smallest absolute Gasteiger partial charge is 0.292 e. The summed E-state index contributed by atoms with van der Waals surface area (Å²) in [5, 5.41) is 0. The van der Waals surface area contributed by atoms with Gasteiger partial charge in [0.2, 0.25) is 0 Å². The average molecular weight is 194 g/mol. The summed E-state index contributed by atoms with van der Waals surface area (Å²) in [5.41, 5.74) is -0.411. The summed E-state index contributed by atoms with van der Waals surface area (Å²) in [4.78, 5) is 0. The van der Waals surface area contributed by atoms with Crippen LogP contribution in [0, 0.1) is 0 Å². The summed E-state index contributed by atoms with van der Waals surface area (Å²) in [6.45, 7) is 7.03. The highest BCUT2D eigenvalue weighted by molar-refractivity contribution is 7.86.